The van der Waals surface area contributed by atoms with Gasteiger partial charge in [-0.1, -0.05) is 12.1 Å². The Morgan fingerprint density at radius 3 is 2.08 bits per heavy atom. The third-order valence-electron chi connectivity index (χ3n) is 3.44. The smallest absolute Gasteiger partial charge is 0.349 e. The molecule has 0 N–H and O–H groups in total. The van der Waals surface area contributed by atoms with E-state index in [9.17, 15) is 13.2 Å². The van der Waals surface area contributed by atoms with Crippen molar-refractivity contribution in [1.29, 1.82) is 0 Å². The summed E-state index contributed by atoms with van der Waals surface area (Å²) in [6.07, 6.45) is 0. The van der Waals surface area contributed by atoms with Gasteiger partial charge in [0.2, 0.25) is 10.0 Å². The molecule has 9 heteroatoms. The van der Waals surface area contributed by atoms with E-state index in [2.05, 4.69) is 0 Å². The molecule has 0 bridgehead atoms. The maximum atomic E-state index is 13.2. The lowest BCUT2D eigenvalue weighted by molar-refractivity contribution is 0.0602. The Morgan fingerprint density at radius 2 is 1.60 bits per heavy atom. The predicted octanol–water partition coefficient (Wildman–Crippen LogP) is 4.05. The van der Waals surface area contributed by atoms with Crippen molar-refractivity contribution < 1.29 is 17.9 Å². The van der Waals surface area contributed by atoms with E-state index in [0.29, 0.717) is 0 Å². The molecule has 3 heterocycles. The van der Waals surface area contributed by atoms with Crippen LogP contribution in [0, 0.1) is 0 Å². The van der Waals surface area contributed by atoms with Crippen molar-refractivity contribution in [2.45, 2.75) is 18.0 Å². The van der Waals surface area contributed by atoms with E-state index < -0.39 is 16.0 Å². The molecule has 3 aromatic rings. The van der Waals surface area contributed by atoms with Crippen molar-refractivity contribution in [3.8, 4) is 0 Å². The first kappa shape index (κ1) is 18.3. The van der Waals surface area contributed by atoms with Crippen LogP contribution in [0.25, 0.3) is 0 Å². The van der Waals surface area contributed by atoms with Crippen molar-refractivity contribution in [2.24, 2.45) is 0 Å². The maximum Gasteiger partial charge on any atom is 0.349 e. The van der Waals surface area contributed by atoms with Crippen molar-refractivity contribution >= 4 is 50.0 Å². The fraction of sp³-hybridized carbons (Fsp3) is 0.188. The maximum absolute atomic E-state index is 13.2. The molecule has 0 fully saturated rings. The minimum absolute atomic E-state index is 0.00235. The normalized spacial score (nSPS) is 11.8. The van der Waals surface area contributed by atoms with E-state index in [1.54, 1.807) is 5.38 Å². The molecule has 0 saturated heterocycles. The van der Waals surface area contributed by atoms with Gasteiger partial charge in [-0.3, -0.25) is 0 Å². The SMILES string of the molecule is COC(=O)c1sccc1S(=O)(=O)N(Cc1cccs1)Cc1cccs1. The van der Waals surface area contributed by atoms with Crippen molar-refractivity contribution in [3.63, 3.8) is 0 Å². The lowest BCUT2D eigenvalue weighted by Crippen LogP contribution is -2.30. The molecule has 0 atom stereocenters. The zero-order chi connectivity index (χ0) is 17.9. The summed E-state index contributed by atoms with van der Waals surface area (Å²) in [7, 11) is -2.60. The van der Waals surface area contributed by atoms with Crippen LogP contribution >= 0.6 is 34.0 Å². The minimum Gasteiger partial charge on any atom is -0.465 e. The van der Waals surface area contributed by atoms with Gasteiger partial charge in [-0.25, -0.2) is 13.2 Å². The predicted molar refractivity (Wildman–Crippen MR) is 101 cm³/mol. The van der Waals surface area contributed by atoms with Crippen LogP contribution in [-0.4, -0.2) is 25.8 Å². The molecule has 0 amide bonds. The third kappa shape index (κ3) is 4.01. The summed E-state index contributed by atoms with van der Waals surface area (Å²) >= 11 is 4.07. The molecule has 132 valence electrons. The van der Waals surface area contributed by atoms with Crippen molar-refractivity contribution in [1.82, 2.24) is 4.31 Å². The first-order chi connectivity index (χ1) is 12.0. The number of carbonyl (C=O) groups excluding carboxylic acids is 1. The molecular weight excluding hydrogens is 398 g/mol. The summed E-state index contributed by atoms with van der Waals surface area (Å²) in [4.78, 5) is 13.9. The highest BCUT2D eigenvalue weighted by atomic mass is 32.2. The Morgan fingerprint density at radius 1 is 1.00 bits per heavy atom. The number of carbonyl (C=O) groups is 1. The lowest BCUT2D eigenvalue weighted by Gasteiger charge is -2.21. The van der Waals surface area contributed by atoms with Gasteiger partial charge in [0.25, 0.3) is 0 Å². The van der Waals surface area contributed by atoms with E-state index in [0.717, 1.165) is 21.1 Å². The van der Waals surface area contributed by atoms with Gasteiger partial charge in [0, 0.05) is 22.8 Å². The van der Waals surface area contributed by atoms with Crippen LogP contribution in [0.2, 0.25) is 0 Å². The number of ether oxygens (including phenoxy) is 1. The average Bonchev–Trinajstić information content (AvgIpc) is 3.34. The first-order valence-corrected chi connectivity index (χ1v) is 11.3. The van der Waals surface area contributed by atoms with Crippen LogP contribution in [0.15, 0.2) is 51.4 Å². The molecule has 0 saturated carbocycles. The van der Waals surface area contributed by atoms with Gasteiger partial charge < -0.3 is 4.74 Å². The monoisotopic (exact) mass is 413 g/mol. The van der Waals surface area contributed by atoms with Crippen LogP contribution in [0.5, 0.6) is 0 Å². The largest absolute Gasteiger partial charge is 0.465 e. The molecule has 5 nitrogen and oxygen atoms in total. The number of hydrogen-bond donors (Lipinski definition) is 0. The fourth-order valence-corrected chi connectivity index (χ4v) is 6.57. The molecule has 25 heavy (non-hydrogen) atoms. The van der Waals surface area contributed by atoms with Crippen LogP contribution in [0.4, 0.5) is 0 Å². The zero-order valence-electron chi connectivity index (χ0n) is 13.2. The van der Waals surface area contributed by atoms with Crippen LogP contribution in [0.3, 0.4) is 0 Å². The molecule has 0 aromatic carbocycles. The summed E-state index contributed by atoms with van der Waals surface area (Å²) in [5.74, 6) is -0.638. The highest BCUT2D eigenvalue weighted by Gasteiger charge is 2.31. The number of thiophene rings is 3. The quantitative estimate of drug-likeness (QED) is 0.548. The van der Waals surface area contributed by atoms with Gasteiger partial charge in [0.1, 0.15) is 9.77 Å². The molecule has 0 aliphatic carbocycles. The number of esters is 1. The molecule has 0 radical (unpaired) electrons. The first-order valence-electron chi connectivity index (χ1n) is 7.23. The number of sulfonamides is 1. The molecule has 0 unspecified atom stereocenters. The van der Waals surface area contributed by atoms with E-state index >= 15 is 0 Å². The number of rotatable bonds is 7. The number of hydrogen-bond acceptors (Lipinski definition) is 7. The summed E-state index contributed by atoms with van der Waals surface area (Å²) in [5, 5.41) is 5.42. The molecule has 3 rings (SSSR count). The summed E-state index contributed by atoms with van der Waals surface area (Å²) in [5.41, 5.74) is 0. The van der Waals surface area contributed by atoms with Crippen LogP contribution < -0.4 is 0 Å². The van der Waals surface area contributed by atoms with Gasteiger partial charge in [0.05, 0.1) is 7.11 Å². The minimum atomic E-state index is -3.84. The van der Waals surface area contributed by atoms with E-state index in [4.69, 9.17) is 4.74 Å². The van der Waals surface area contributed by atoms with Crippen molar-refractivity contribution in [2.75, 3.05) is 7.11 Å². The Kier molecular flexibility index (Phi) is 5.70. The lowest BCUT2D eigenvalue weighted by atomic mass is 10.4. The second-order valence-electron chi connectivity index (χ2n) is 5.04. The van der Waals surface area contributed by atoms with E-state index in [1.807, 2.05) is 35.0 Å². The number of nitrogens with zero attached hydrogens (tertiary/aromatic N) is 1. The second kappa shape index (κ2) is 7.79. The standard InChI is InChI=1S/C16H15NO4S4/c1-21-16(18)15-14(6-9-24-15)25(19,20)17(10-12-4-2-7-22-12)11-13-5-3-8-23-13/h2-9H,10-11H2,1H3. The molecule has 0 aliphatic rings. The Hall–Kier alpha value is -1.52. The van der Waals surface area contributed by atoms with Gasteiger partial charge >= 0.3 is 5.97 Å². The topological polar surface area (TPSA) is 63.7 Å². The summed E-state index contributed by atoms with van der Waals surface area (Å²) in [6, 6.07) is 9.04. The molecule has 3 aromatic heterocycles. The average molecular weight is 414 g/mol. The highest BCUT2D eigenvalue weighted by molar-refractivity contribution is 7.89. The Bertz CT molecular complexity index is 891. The number of methoxy groups -OCH3 is 1. The third-order valence-corrected chi connectivity index (χ3v) is 8.02. The van der Waals surface area contributed by atoms with Crippen LogP contribution in [0.1, 0.15) is 19.4 Å². The molecule has 0 aliphatic heterocycles. The van der Waals surface area contributed by atoms with Gasteiger partial charge in [-0.2, -0.15) is 4.31 Å². The summed E-state index contributed by atoms with van der Waals surface area (Å²) < 4.78 is 32.6. The van der Waals surface area contributed by atoms with E-state index in [-0.39, 0.29) is 22.9 Å². The van der Waals surface area contributed by atoms with Gasteiger partial charge in [0.15, 0.2) is 0 Å². The van der Waals surface area contributed by atoms with Crippen molar-refractivity contribution in [3.05, 3.63) is 61.1 Å². The Labute approximate surface area is 158 Å². The zero-order valence-corrected chi connectivity index (χ0v) is 16.5. The van der Waals surface area contributed by atoms with Gasteiger partial charge in [-0.15, -0.1) is 34.0 Å². The van der Waals surface area contributed by atoms with E-state index in [1.165, 1.54) is 40.2 Å². The summed E-state index contributed by atoms with van der Waals surface area (Å²) in [6.45, 7) is 0.517. The molecule has 0 spiro atoms. The van der Waals surface area contributed by atoms with Crippen LogP contribution in [-0.2, 0) is 27.8 Å². The van der Waals surface area contributed by atoms with Gasteiger partial charge in [-0.05, 0) is 34.3 Å². The Balaban J connectivity index is 1.98. The fourth-order valence-electron chi connectivity index (χ4n) is 2.26. The highest BCUT2D eigenvalue weighted by Crippen LogP contribution is 2.29. The molecular formula is C16H15NO4S4. The second-order valence-corrected chi connectivity index (χ2v) is 9.92.